The first-order valence-electron chi connectivity index (χ1n) is 8.24. The summed E-state index contributed by atoms with van der Waals surface area (Å²) >= 11 is 0. The maximum absolute atomic E-state index is 12.5. The average Bonchev–Trinajstić information content (AvgIpc) is 3.30. The van der Waals surface area contributed by atoms with Crippen molar-refractivity contribution in [3.63, 3.8) is 0 Å². The fourth-order valence-electron chi connectivity index (χ4n) is 2.91. The highest BCUT2D eigenvalue weighted by atomic mass is 16.5. The first kappa shape index (κ1) is 15.5. The van der Waals surface area contributed by atoms with Gasteiger partial charge < -0.3 is 14.4 Å². The smallest absolute Gasteiger partial charge is 0.274 e. The number of carbonyl (C=O) groups excluding carboxylic acids is 1. The van der Waals surface area contributed by atoms with Crippen molar-refractivity contribution in [2.24, 2.45) is 0 Å². The number of aromatic nitrogens is 4. The molecule has 1 N–H and O–H groups in total. The third kappa shape index (κ3) is 3.02. The standard InChI is InChI=1S/C17H17N5O3/c1-10(17-20-15(22-25-17)11-5-4-8-18-9-11)19-16(23)14-12-6-2-3-7-13(12)24-21-14/h4-5,8-10H,2-3,6-7H2,1H3,(H,19,23). The maximum Gasteiger partial charge on any atom is 0.274 e. The van der Waals surface area contributed by atoms with Crippen molar-refractivity contribution in [1.29, 1.82) is 0 Å². The molecule has 1 aliphatic rings. The highest BCUT2D eigenvalue weighted by molar-refractivity contribution is 5.94. The number of hydrogen-bond donors (Lipinski definition) is 1. The molecular formula is C17H17N5O3. The quantitative estimate of drug-likeness (QED) is 0.778. The van der Waals surface area contributed by atoms with E-state index in [0.29, 0.717) is 17.4 Å². The van der Waals surface area contributed by atoms with E-state index in [2.05, 4.69) is 25.6 Å². The van der Waals surface area contributed by atoms with Crippen LogP contribution in [0.15, 0.2) is 33.6 Å². The molecule has 1 amide bonds. The molecule has 4 rings (SSSR count). The molecule has 8 heteroatoms. The molecule has 1 aliphatic carbocycles. The largest absolute Gasteiger partial charge is 0.360 e. The van der Waals surface area contributed by atoms with E-state index in [4.69, 9.17) is 9.05 Å². The summed E-state index contributed by atoms with van der Waals surface area (Å²) in [6.07, 6.45) is 7.09. The Morgan fingerprint density at radius 3 is 2.96 bits per heavy atom. The van der Waals surface area contributed by atoms with Gasteiger partial charge in [0.1, 0.15) is 11.8 Å². The summed E-state index contributed by atoms with van der Waals surface area (Å²) in [6, 6.07) is 3.19. The van der Waals surface area contributed by atoms with Crippen LogP contribution in [0.2, 0.25) is 0 Å². The van der Waals surface area contributed by atoms with Crippen molar-refractivity contribution in [2.75, 3.05) is 0 Å². The summed E-state index contributed by atoms with van der Waals surface area (Å²) in [4.78, 5) is 20.9. The Bertz CT molecular complexity index is 887. The van der Waals surface area contributed by atoms with Crippen LogP contribution >= 0.6 is 0 Å². The van der Waals surface area contributed by atoms with Crippen molar-refractivity contribution in [3.05, 3.63) is 47.4 Å². The van der Waals surface area contributed by atoms with Crippen molar-refractivity contribution in [2.45, 2.75) is 38.6 Å². The van der Waals surface area contributed by atoms with E-state index < -0.39 is 6.04 Å². The third-order valence-electron chi connectivity index (χ3n) is 4.24. The zero-order chi connectivity index (χ0) is 17.2. The first-order chi connectivity index (χ1) is 12.2. The number of nitrogens with one attached hydrogen (secondary N) is 1. The van der Waals surface area contributed by atoms with Crippen LogP contribution in [-0.2, 0) is 12.8 Å². The Morgan fingerprint density at radius 2 is 2.12 bits per heavy atom. The Balaban J connectivity index is 1.49. The fraction of sp³-hybridized carbons (Fsp3) is 0.353. The number of fused-ring (bicyclic) bond motifs is 1. The van der Waals surface area contributed by atoms with Gasteiger partial charge in [-0.3, -0.25) is 9.78 Å². The van der Waals surface area contributed by atoms with Gasteiger partial charge in [0, 0.05) is 29.9 Å². The topological polar surface area (TPSA) is 107 Å². The number of amides is 1. The molecule has 3 aromatic heterocycles. The predicted molar refractivity (Wildman–Crippen MR) is 86.6 cm³/mol. The summed E-state index contributed by atoms with van der Waals surface area (Å²) in [5, 5.41) is 10.7. The second-order valence-corrected chi connectivity index (χ2v) is 6.03. The lowest BCUT2D eigenvalue weighted by Crippen LogP contribution is -2.28. The van der Waals surface area contributed by atoms with Crippen molar-refractivity contribution in [1.82, 2.24) is 25.6 Å². The molecule has 0 saturated carbocycles. The lowest BCUT2D eigenvalue weighted by Gasteiger charge is -2.11. The molecule has 0 fully saturated rings. The Morgan fingerprint density at radius 1 is 1.24 bits per heavy atom. The van der Waals surface area contributed by atoms with Gasteiger partial charge in [-0.1, -0.05) is 10.3 Å². The minimum atomic E-state index is -0.443. The summed E-state index contributed by atoms with van der Waals surface area (Å²) in [7, 11) is 0. The number of rotatable bonds is 4. The van der Waals surface area contributed by atoms with Crippen LogP contribution in [0.3, 0.4) is 0 Å². The van der Waals surface area contributed by atoms with Gasteiger partial charge in [-0.25, -0.2) is 0 Å². The van der Waals surface area contributed by atoms with E-state index >= 15 is 0 Å². The normalized spacial score (nSPS) is 14.8. The molecule has 3 aromatic rings. The lowest BCUT2D eigenvalue weighted by molar-refractivity contribution is 0.0922. The van der Waals surface area contributed by atoms with Crippen LogP contribution in [0.4, 0.5) is 0 Å². The number of aryl methyl sites for hydroxylation is 1. The minimum absolute atomic E-state index is 0.291. The summed E-state index contributed by atoms with van der Waals surface area (Å²) in [5.74, 6) is 1.29. The molecule has 0 aromatic carbocycles. The van der Waals surface area contributed by atoms with Crippen molar-refractivity contribution in [3.8, 4) is 11.4 Å². The van der Waals surface area contributed by atoms with Gasteiger partial charge in [-0.2, -0.15) is 4.98 Å². The molecule has 128 valence electrons. The van der Waals surface area contributed by atoms with Gasteiger partial charge in [0.15, 0.2) is 5.69 Å². The summed E-state index contributed by atoms with van der Waals surface area (Å²) in [6.45, 7) is 1.78. The highest BCUT2D eigenvalue weighted by Gasteiger charge is 2.26. The molecule has 8 nitrogen and oxygen atoms in total. The molecule has 1 unspecified atom stereocenters. The zero-order valence-corrected chi connectivity index (χ0v) is 13.7. The molecule has 1 atom stereocenters. The minimum Gasteiger partial charge on any atom is -0.360 e. The molecule has 0 saturated heterocycles. The van der Waals surface area contributed by atoms with Crippen LogP contribution in [0.5, 0.6) is 0 Å². The second-order valence-electron chi connectivity index (χ2n) is 6.03. The van der Waals surface area contributed by atoms with Crippen molar-refractivity contribution >= 4 is 5.91 Å². The Labute approximate surface area is 143 Å². The van der Waals surface area contributed by atoms with Gasteiger partial charge >= 0.3 is 0 Å². The first-order valence-corrected chi connectivity index (χ1v) is 8.24. The van der Waals surface area contributed by atoms with Crippen LogP contribution < -0.4 is 5.32 Å². The van der Waals surface area contributed by atoms with E-state index in [1.807, 2.05) is 6.07 Å². The van der Waals surface area contributed by atoms with E-state index in [1.165, 1.54) is 0 Å². The van der Waals surface area contributed by atoms with Gasteiger partial charge in [0.25, 0.3) is 5.91 Å². The maximum atomic E-state index is 12.5. The molecule has 0 spiro atoms. The third-order valence-corrected chi connectivity index (χ3v) is 4.24. The van der Waals surface area contributed by atoms with Crippen molar-refractivity contribution < 1.29 is 13.8 Å². The predicted octanol–water partition coefficient (Wildman–Crippen LogP) is 2.49. The van der Waals surface area contributed by atoms with E-state index in [1.54, 1.807) is 25.4 Å². The van der Waals surface area contributed by atoms with Crippen LogP contribution in [0, 0.1) is 0 Å². The summed E-state index contributed by atoms with van der Waals surface area (Å²) in [5.41, 5.74) is 2.02. The van der Waals surface area contributed by atoms with Crippen LogP contribution in [0.25, 0.3) is 11.4 Å². The van der Waals surface area contributed by atoms with Gasteiger partial charge in [-0.15, -0.1) is 0 Å². The molecule has 25 heavy (non-hydrogen) atoms. The number of pyridine rings is 1. The zero-order valence-electron chi connectivity index (χ0n) is 13.7. The van der Waals surface area contributed by atoms with E-state index in [9.17, 15) is 4.79 Å². The summed E-state index contributed by atoms with van der Waals surface area (Å²) < 4.78 is 10.6. The number of carbonyl (C=O) groups is 1. The fourth-order valence-corrected chi connectivity index (χ4v) is 2.91. The SMILES string of the molecule is CC(NC(=O)c1noc2c1CCCC2)c1nc(-c2cccnc2)no1. The lowest BCUT2D eigenvalue weighted by atomic mass is 9.96. The van der Waals surface area contributed by atoms with Gasteiger partial charge in [0.05, 0.1) is 0 Å². The van der Waals surface area contributed by atoms with Crippen LogP contribution in [0.1, 0.15) is 53.5 Å². The van der Waals surface area contributed by atoms with Gasteiger partial charge in [-0.05, 0) is 38.3 Å². The number of hydrogen-bond acceptors (Lipinski definition) is 7. The Kier molecular flexibility index (Phi) is 4.01. The van der Waals surface area contributed by atoms with Crippen LogP contribution in [-0.4, -0.2) is 26.2 Å². The second kappa shape index (κ2) is 6.46. The van der Waals surface area contributed by atoms with E-state index in [-0.39, 0.29) is 5.91 Å². The molecule has 0 radical (unpaired) electrons. The monoisotopic (exact) mass is 339 g/mol. The Hall–Kier alpha value is -3.03. The average molecular weight is 339 g/mol. The number of nitrogens with zero attached hydrogens (tertiary/aromatic N) is 4. The molecular weight excluding hydrogens is 322 g/mol. The van der Waals surface area contributed by atoms with E-state index in [0.717, 1.165) is 42.6 Å². The molecule has 0 aliphatic heterocycles. The molecule has 3 heterocycles. The van der Waals surface area contributed by atoms with Gasteiger partial charge in [0.2, 0.25) is 11.7 Å². The molecule has 0 bridgehead atoms. The highest BCUT2D eigenvalue weighted by Crippen LogP contribution is 2.25.